The van der Waals surface area contributed by atoms with Crippen LogP contribution >= 0.6 is 0 Å². The van der Waals surface area contributed by atoms with Gasteiger partial charge >= 0.3 is 0 Å². The molecule has 1 aromatic rings. The molecular formula is C15H23N3O. The molecule has 2 N–H and O–H groups in total. The molecule has 2 aliphatic heterocycles. The number of rotatable bonds is 3. The SMILES string of the molecule is c1cc(C2CNCCN2)ccc1CN1CCOCC1. The van der Waals surface area contributed by atoms with Crippen molar-refractivity contribution < 1.29 is 4.74 Å². The Morgan fingerprint density at radius 3 is 2.58 bits per heavy atom. The molecule has 0 saturated carbocycles. The molecule has 1 atom stereocenters. The van der Waals surface area contributed by atoms with Crippen LogP contribution in [-0.4, -0.2) is 50.8 Å². The van der Waals surface area contributed by atoms with Crippen LogP contribution in [0.15, 0.2) is 24.3 Å². The zero-order valence-electron chi connectivity index (χ0n) is 11.4. The quantitative estimate of drug-likeness (QED) is 0.842. The first kappa shape index (κ1) is 13.1. The van der Waals surface area contributed by atoms with Crippen LogP contribution in [0.1, 0.15) is 17.2 Å². The van der Waals surface area contributed by atoms with E-state index in [-0.39, 0.29) is 0 Å². The largest absolute Gasteiger partial charge is 0.379 e. The van der Waals surface area contributed by atoms with Crippen molar-refractivity contribution in [3.63, 3.8) is 0 Å². The third-order valence-electron chi connectivity index (χ3n) is 3.93. The van der Waals surface area contributed by atoms with Gasteiger partial charge in [-0.3, -0.25) is 4.90 Å². The highest BCUT2D eigenvalue weighted by Gasteiger charge is 2.14. The molecular weight excluding hydrogens is 238 g/mol. The minimum absolute atomic E-state index is 0.464. The summed E-state index contributed by atoms with van der Waals surface area (Å²) in [6.07, 6.45) is 0. The van der Waals surface area contributed by atoms with E-state index in [2.05, 4.69) is 39.8 Å². The first-order valence-corrected chi connectivity index (χ1v) is 7.25. The molecule has 4 heteroatoms. The van der Waals surface area contributed by atoms with Crippen molar-refractivity contribution in [1.29, 1.82) is 0 Å². The summed E-state index contributed by atoms with van der Waals surface area (Å²) in [5.41, 5.74) is 2.78. The average molecular weight is 261 g/mol. The fourth-order valence-corrected chi connectivity index (χ4v) is 2.76. The van der Waals surface area contributed by atoms with E-state index in [0.29, 0.717) is 6.04 Å². The number of nitrogens with one attached hydrogen (secondary N) is 2. The van der Waals surface area contributed by atoms with Gasteiger partial charge in [0.25, 0.3) is 0 Å². The van der Waals surface area contributed by atoms with Gasteiger partial charge in [0.1, 0.15) is 0 Å². The first-order chi connectivity index (χ1) is 9.42. The van der Waals surface area contributed by atoms with Crippen molar-refractivity contribution in [2.75, 3.05) is 45.9 Å². The Hall–Kier alpha value is -0.940. The maximum absolute atomic E-state index is 5.38. The molecule has 0 aromatic heterocycles. The molecule has 2 fully saturated rings. The molecule has 1 unspecified atom stereocenters. The normalized spacial score (nSPS) is 25.4. The molecule has 2 aliphatic rings. The van der Waals surface area contributed by atoms with E-state index in [1.807, 2.05) is 0 Å². The fraction of sp³-hybridized carbons (Fsp3) is 0.600. The highest BCUT2D eigenvalue weighted by Crippen LogP contribution is 2.16. The maximum Gasteiger partial charge on any atom is 0.0594 e. The van der Waals surface area contributed by atoms with Gasteiger partial charge in [0.05, 0.1) is 13.2 Å². The van der Waals surface area contributed by atoms with E-state index in [9.17, 15) is 0 Å². The van der Waals surface area contributed by atoms with Crippen molar-refractivity contribution in [1.82, 2.24) is 15.5 Å². The lowest BCUT2D eigenvalue weighted by Crippen LogP contribution is -2.42. The van der Waals surface area contributed by atoms with Gasteiger partial charge in [-0.1, -0.05) is 24.3 Å². The molecule has 0 radical (unpaired) electrons. The minimum atomic E-state index is 0.464. The van der Waals surface area contributed by atoms with E-state index in [1.54, 1.807) is 0 Å². The smallest absolute Gasteiger partial charge is 0.0594 e. The summed E-state index contributed by atoms with van der Waals surface area (Å²) in [5.74, 6) is 0. The summed E-state index contributed by atoms with van der Waals surface area (Å²) in [7, 11) is 0. The van der Waals surface area contributed by atoms with Crippen molar-refractivity contribution >= 4 is 0 Å². The summed E-state index contributed by atoms with van der Waals surface area (Å²) >= 11 is 0. The van der Waals surface area contributed by atoms with E-state index in [4.69, 9.17) is 4.74 Å². The number of nitrogens with zero attached hydrogens (tertiary/aromatic N) is 1. The predicted octanol–water partition coefficient (Wildman–Crippen LogP) is 0.753. The second-order valence-corrected chi connectivity index (χ2v) is 5.34. The monoisotopic (exact) mass is 261 g/mol. The molecule has 1 aromatic carbocycles. The van der Waals surface area contributed by atoms with E-state index >= 15 is 0 Å². The first-order valence-electron chi connectivity index (χ1n) is 7.25. The number of hydrogen-bond donors (Lipinski definition) is 2. The molecule has 0 bridgehead atoms. The van der Waals surface area contributed by atoms with Crippen molar-refractivity contribution in [3.8, 4) is 0 Å². The maximum atomic E-state index is 5.38. The summed E-state index contributed by atoms with van der Waals surface area (Å²) in [5, 5.41) is 6.98. The number of benzene rings is 1. The van der Waals surface area contributed by atoms with Gasteiger partial charge < -0.3 is 15.4 Å². The van der Waals surface area contributed by atoms with Gasteiger partial charge in [0.15, 0.2) is 0 Å². The zero-order valence-corrected chi connectivity index (χ0v) is 11.4. The molecule has 0 amide bonds. The Morgan fingerprint density at radius 2 is 1.89 bits per heavy atom. The Labute approximate surface area is 115 Å². The van der Waals surface area contributed by atoms with Crippen LogP contribution in [0.3, 0.4) is 0 Å². The lowest BCUT2D eigenvalue weighted by atomic mass is 10.0. The lowest BCUT2D eigenvalue weighted by Gasteiger charge is -2.27. The van der Waals surface area contributed by atoms with Gasteiger partial charge in [-0.25, -0.2) is 0 Å². The Bertz CT molecular complexity index is 381. The van der Waals surface area contributed by atoms with Crippen LogP contribution in [0, 0.1) is 0 Å². The molecule has 2 heterocycles. The molecule has 19 heavy (non-hydrogen) atoms. The molecule has 104 valence electrons. The lowest BCUT2D eigenvalue weighted by molar-refractivity contribution is 0.0342. The molecule has 0 aliphatic carbocycles. The van der Waals surface area contributed by atoms with Gasteiger partial charge in [-0.05, 0) is 11.1 Å². The third kappa shape index (κ3) is 3.54. The van der Waals surface area contributed by atoms with Crippen molar-refractivity contribution in [3.05, 3.63) is 35.4 Å². The standard InChI is InChI=1S/C15H23N3O/c1-3-14(15-11-16-5-6-17-15)4-2-13(1)12-18-7-9-19-10-8-18/h1-4,15-17H,5-12H2. The molecule has 2 saturated heterocycles. The van der Waals surface area contributed by atoms with Gasteiger partial charge in [-0.2, -0.15) is 0 Å². The average Bonchev–Trinajstić information content (AvgIpc) is 2.50. The minimum Gasteiger partial charge on any atom is -0.379 e. The predicted molar refractivity (Wildman–Crippen MR) is 76.2 cm³/mol. The van der Waals surface area contributed by atoms with Crippen LogP contribution in [0.25, 0.3) is 0 Å². The van der Waals surface area contributed by atoms with E-state index in [1.165, 1.54) is 11.1 Å². The molecule has 3 rings (SSSR count). The number of hydrogen-bond acceptors (Lipinski definition) is 4. The van der Waals surface area contributed by atoms with Crippen LogP contribution in [0.5, 0.6) is 0 Å². The fourth-order valence-electron chi connectivity index (χ4n) is 2.76. The van der Waals surface area contributed by atoms with Crippen molar-refractivity contribution in [2.24, 2.45) is 0 Å². The van der Waals surface area contributed by atoms with Crippen LogP contribution in [-0.2, 0) is 11.3 Å². The summed E-state index contributed by atoms with van der Waals surface area (Å²) in [6, 6.07) is 9.52. The van der Waals surface area contributed by atoms with Gasteiger partial charge in [0, 0.05) is 45.3 Å². The zero-order chi connectivity index (χ0) is 12.9. The topological polar surface area (TPSA) is 36.5 Å². The highest BCUT2D eigenvalue weighted by molar-refractivity contribution is 5.25. The number of piperazine rings is 1. The molecule has 4 nitrogen and oxygen atoms in total. The van der Waals surface area contributed by atoms with Gasteiger partial charge in [0.2, 0.25) is 0 Å². The van der Waals surface area contributed by atoms with Crippen LogP contribution in [0.2, 0.25) is 0 Å². The molecule has 0 spiro atoms. The third-order valence-corrected chi connectivity index (χ3v) is 3.93. The Kier molecular flexibility index (Phi) is 4.45. The van der Waals surface area contributed by atoms with Crippen LogP contribution < -0.4 is 10.6 Å². The number of ether oxygens (including phenoxy) is 1. The summed E-state index contributed by atoms with van der Waals surface area (Å²) in [6.45, 7) is 8.05. The van der Waals surface area contributed by atoms with E-state index < -0.39 is 0 Å². The number of morpholine rings is 1. The van der Waals surface area contributed by atoms with Gasteiger partial charge in [-0.15, -0.1) is 0 Å². The van der Waals surface area contributed by atoms with Crippen molar-refractivity contribution in [2.45, 2.75) is 12.6 Å². The van der Waals surface area contributed by atoms with E-state index in [0.717, 1.165) is 52.5 Å². The second-order valence-electron chi connectivity index (χ2n) is 5.34. The summed E-state index contributed by atoms with van der Waals surface area (Å²) in [4.78, 5) is 2.46. The highest BCUT2D eigenvalue weighted by atomic mass is 16.5. The Morgan fingerprint density at radius 1 is 1.11 bits per heavy atom. The Balaban J connectivity index is 1.58. The summed E-state index contributed by atoms with van der Waals surface area (Å²) < 4.78 is 5.38. The second kappa shape index (κ2) is 6.48. The van der Waals surface area contributed by atoms with Crippen LogP contribution in [0.4, 0.5) is 0 Å².